The van der Waals surface area contributed by atoms with Crippen LogP contribution in [0, 0.1) is 17.7 Å². The highest BCUT2D eigenvalue weighted by Gasteiger charge is 2.69. The maximum Gasteiger partial charge on any atom is 0.331 e. The Kier molecular flexibility index (Phi) is 4.70. The van der Waals surface area contributed by atoms with Gasteiger partial charge in [0.05, 0.1) is 18.9 Å². The van der Waals surface area contributed by atoms with E-state index < -0.39 is 47.0 Å². The lowest BCUT2D eigenvalue weighted by Gasteiger charge is -2.32. The lowest BCUT2D eigenvalue weighted by atomic mass is 9.75. The third-order valence-corrected chi connectivity index (χ3v) is 5.94. The van der Waals surface area contributed by atoms with Crippen molar-refractivity contribution >= 4 is 17.8 Å². The van der Waals surface area contributed by atoms with Gasteiger partial charge in [0.25, 0.3) is 0 Å². The summed E-state index contributed by atoms with van der Waals surface area (Å²) < 4.78 is 19.8. The van der Waals surface area contributed by atoms with E-state index in [1.165, 1.54) is 13.2 Å². The largest absolute Gasteiger partial charge is 0.467 e. The first-order chi connectivity index (χ1) is 14.0. The van der Waals surface area contributed by atoms with Crippen molar-refractivity contribution in [1.82, 2.24) is 10.2 Å². The number of benzene rings is 2. The van der Waals surface area contributed by atoms with Crippen molar-refractivity contribution in [2.45, 2.75) is 18.5 Å². The number of carbonyl (C=O) groups is 3. The fourth-order valence-corrected chi connectivity index (χ4v) is 4.71. The van der Waals surface area contributed by atoms with E-state index in [2.05, 4.69) is 5.32 Å². The van der Waals surface area contributed by atoms with Crippen molar-refractivity contribution in [2.75, 3.05) is 13.7 Å². The van der Waals surface area contributed by atoms with E-state index in [9.17, 15) is 18.8 Å². The molecule has 2 amide bonds. The lowest BCUT2D eigenvalue weighted by molar-refractivity contribution is -0.154. The third kappa shape index (κ3) is 2.61. The second-order valence-corrected chi connectivity index (χ2v) is 7.23. The fourth-order valence-electron chi connectivity index (χ4n) is 4.71. The van der Waals surface area contributed by atoms with Gasteiger partial charge in [-0.3, -0.25) is 19.8 Å². The molecule has 0 aromatic heterocycles. The highest BCUT2D eigenvalue weighted by Crippen LogP contribution is 2.53. The van der Waals surface area contributed by atoms with E-state index in [-0.39, 0.29) is 12.1 Å². The molecule has 1 N–H and O–H groups in total. The Morgan fingerprint density at radius 3 is 2.38 bits per heavy atom. The van der Waals surface area contributed by atoms with E-state index in [0.717, 1.165) is 4.90 Å². The highest BCUT2D eigenvalue weighted by atomic mass is 19.1. The van der Waals surface area contributed by atoms with Crippen LogP contribution in [0.3, 0.4) is 0 Å². The summed E-state index contributed by atoms with van der Waals surface area (Å²) in [6.07, 6.45) is 0. The van der Waals surface area contributed by atoms with Gasteiger partial charge in [-0.1, -0.05) is 48.5 Å². The Bertz CT molecular complexity index is 980. The van der Waals surface area contributed by atoms with E-state index >= 15 is 0 Å². The van der Waals surface area contributed by atoms with Crippen molar-refractivity contribution in [3.05, 3.63) is 71.5 Å². The predicted molar refractivity (Wildman–Crippen MR) is 102 cm³/mol. The SMILES string of the molecule is CCN1C(=O)[C@@H]2[C@H](c3ccccc3F)N[C@](C(=O)OC)(c3ccccc3)[C@H]2C1=O. The van der Waals surface area contributed by atoms with Gasteiger partial charge in [0.2, 0.25) is 11.8 Å². The van der Waals surface area contributed by atoms with Crippen LogP contribution < -0.4 is 5.32 Å². The molecule has 4 atom stereocenters. The Hall–Kier alpha value is -3.06. The molecule has 4 rings (SSSR count). The van der Waals surface area contributed by atoms with Gasteiger partial charge < -0.3 is 4.74 Å². The molecule has 0 spiro atoms. The van der Waals surface area contributed by atoms with E-state index in [1.54, 1.807) is 55.5 Å². The van der Waals surface area contributed by atoms with Crippen LogP contribution in [0.15, 0.2) is 54.6 Å². The summed E-state index contributed by atoms with van der Waals surface area (Å²) in [4.78, 5) is 40.7. The summed E-state index contributed by atoms with van der Waals surface area (Å²) in [7, 11) is 1.24. The smallest absolute Gasteiger partial charge is 0.331 e. The van der Waals surface area contributed by atoms with Crippen LogP contribution >= 0.6 is 0 Å². The molecule has 2 aromatic carbocycles. The first-order valence-corrected chi connectivity index (χ1v) is 9.48. The molecule has 7 heteroatoms. The van der Waals surface area contributed by atoms with Crippen LogP contribution in [0.4, 0.5) is 4.39 Å². The molecule has 150 valence electrons. The summed E-state index contributed by atoms with van der Waals surface area (Å²) in [6.45, 7) is 1.88. The molecule has 2 heterocycles. The van der Waals surface area contributed by atoms with Gasteiger partial charge in [0, 0.05) is 18.2 Å². The number of rotatable bonds is 4. The number of methoxy groups -OCH3 is 1. The van der Waals surface area contributed by atoms with Crippen molar-refractivity contribution in [3.63, 3.8) is 0 Å². The van der Waals surface area contributed by atoms with Crippen LogP contribution in [0.1, 0.15) is 24.1 Å². The highest BCUT2D eigenvalue weighted by molar-refractivity contribution is 6.09. The van der Waals surface area contributed by atoms with Crippen LogP contribution in [-0.4, -0.2) is 36.3 Å². The first-order valence-electron chi connectivity index (χ1n) is 9.48. The van der Waals surface area contributed by atoms with Crippen LogP contribution in [-0.2, 0) is 24.7 Å². The molecule has 2 aliphatic rings. The number of likely N-dealkylation sites (tertiary alicyclic amines) is 1. The average Bonchev–Trinajstić information content (AvgIpc) is 3.23. The van der Waals surface area contributed by atoms with Gasteiger partial charge >= 0.3 is 5.97 Å². The monoisotopic (exact) mass is 396 g/mol. The predicted octanol–water partition coefficient (Wildman–Crippen LogP) is 2.16. The summed E-state index contributed by atoms with van der Waals surface area (Å²) in [5, 5.41) is 3.15. The molecule has 0 aliphatic carbocycles. The van der Waals surface area contributed by atoms with Gasteiger partial charge in [-0.05, 0) is 18.6 Å². The van der Waals surface area contributed by atoms with Crippen molar-refractivity contribution in [1.29, 1.82) is 0 Å². The first kappa shape index (κ1) is 19.3. The van der Waals surface area contributed by atoms with Gasteiger partial charge in [-0.15, -0.1) is 0 Å². The third-order valence-electron chi connectivity index (χ3n) is 5.94. The zero-order valence-corrected chi connectivity index (χ0v) is 16.1. The van der Waals surface area contributed by atoms with Crippen LogP contribution in [0.25, 0.3) is 0 Å². The molecule has 2 aliphatic heterocycles. The Balaban J connectivity index is 1.97. The number of nitrogens with one attached hydrogen (secondary N) is 1. The molecular formula is C22H21FN2O4. The zero-order valence-electron chi connectivity index (χ0n) is 16.1. The number of esters is 1. The van der Waals surface area contributed by atoms with Gasteiger partial charge in [0.15, 0.2) is 5.54 Å². The maximum atomic E-state index is 14.7. The Morgan fingerprint density at radius 2 is 1.76 bits per heavy atom. The molecule has 0 unspecified atom stereocenters. The number of fused-ring (bicyclic) bond motifs is 1. The molecule has 29 heavy (non-hydrogen) atoms. The number of amides is 2. The average molecular weight is 396 g/mol. The lowest BCUT2D eigenvalue weighted by Crippen LogP contribution is -2.53. The normalized spacial score (nSPS) is 28.5. The molecule has 2 saturated heterocycles. The summed E-state index contributed by atoms with van der Waals surface area (Å²) in [6, 6.07) is 13.9. The van der Waals surface area contributed by atoms with Gasteiger partial charge in [-0.2, -0.15) is 0 Å². The van der Waals surface area contributed by atoms with E-state index in [1.807, 2.05) is 0 Å². The van der Waals surface area contributed by atoms with E-state index in [4.69, 9.17) is 4.74 Å². The standard InChI is InChI=1S/C22H21FN2O4/c1-3-25-19(26)16-17(20(25)27)22(21(28)29-2,13-9-5-4-6-10-13)24-18(16)14-11-7-8-12-15(14)23/h4-12,16-18,24H,3H2,1-2H3/t16-,17+,18-,22+/m0/s1. The second-order valence-electron chi connectivity index (χ2n) is 7.23. The Labute approximate surface area is 167 Å². The maximum absolute atomic E-state index is 14.7. The number of carbonyl (C=O) groups excluding carboxylic acids is 3. The second kappa shape index (κ2) is 7.08. The van der Waals surface area contributed by atoms with Gasteiger partial charge in [0.1, 0.15) is 5.82 Å². The topological polar surface area (TPSA) is 75.7 Å². The molecule has 0 radical (unpaired) electrons. The molecule has 2 fully saturated rings. The molecular weight excluding hydrogens is 375 g/mol. The number of ether oxygens (including phenoxy) is 1. The van der Waals surface area contributed by atoms with Gasteiger partial charge in [-0.25, -0.2) is 9.18 Å². The van der Waals surface area contributed by atoms with Crippen LogP contribution in [0.5, 0.6) is 0 Å². The number of imide groups is 1. The Morgan fingerprint density at radius 1 is 1.10 bits per heavy atom. The molecule has 6 nitrogen and oxygen atoms in total. The number of hydrogen-bond donors (Lipinski definition) is 1. The fraction of sp³-hybridized carbons (Fsp3) is 0.318. The van der Waals surface area contributed by atoms with Crippen molar-refractivity contribution < 1.29 is 23.5 Å². The minimum Gasteiger partial charge on any atom is -0.467 e. The minimum atomic E-state index is -1.59. The van der Waals surface area contributed by atoms with Crippen molar-refractivity contribution in [3.8, 4) is 0 Å². The van der Waals surface area contributed by atoms with Crippen LogP contribution in [0.2, 0.25) is 0 Å². The summed E-state index contributed by atoms with van der Waals surface area (Å²) >= 11 is 0. The number of nitrogens with zero attached hydrogens (tertiary/aromatic N) is 1. The zero-order chi connectivity index (χ0) is 20.8. The molecule has 0 bridgehead atoms. The summed E-state index contributed by atoms with van der Waals surface area (Å²) in [5.74, 6) is -4.01. The number of halogens is 1. The van der Waals surface area contributed by atoms with E-state index in [0.29, 0.717) is 5.56 Å². The summed E-state index contributed by atoms with van der Waals surface area (Å²) in [5.41, 5.74) is -0.854. The molecule has 2 aromatic rings. The quantitative estimate of drug-likeness (QED) is 0.633. The number of hydrogen-bond acceptors (Lipinski definition) is 5. The molecule has 0 saturated carbocycles. The minimum absolute atomic E-state index is 0.181. The van der Waals surface area contributed by atoms with Crippen molar-refractivity contribution in [2.24, 2.45) is 11.8 Å².